The minimum absolute atomic E-state index is 0. The van der Waals surface area contributed by atoms with E-state index in [1.54, 1.807) is 0 Å². The van der Waals surface area contributed by atoms with Gasteiger partial charge in [0.25, 0.3) is 0 Å². The summed E-state index contributed by atoms with van der Waals surface area (Å²) in [5, 5.41) is 0. The van der Waals surface area contributed by atoms with E-state index in [-0.39, 0.29) is 21.1 Å². The molecule has 0 aliphatic heterocycles. The number of nitrogens with zero attached hydrogens (tertiary/aromatic N) is 2. The molecule has 4 aromatic carbocycles. The number of hydrogen-bond donors (Lipinski definition) is 0. The van der Waals surface area contributed by atoms with Crippen molar-refractivity contribution in [2.24, 2.45) is 0 Å². The Hall–Kier alpha value is -4.13. The van der Waals surface area contributed by atoms with Crippen molar-refractivity contribution in [1.82, 2.24) is 9.97 Å². The van der Waals surface area contributed by atoms with E-state index in [2.05, 4.69) is 107 Å². The van der Waals surface area contributed by atoms with Gasteiger partial charge in [-0.15, -0.1) is 76.3 Å². The monoisotopic (exact) mass is 653 g/mol. The average molecular weight is 654 g/mol. The fourth-order valence-corrected chi connectivity index (χ4v) is 4.50. The molecule has 0 radical (unpaired) electrons. The number of rotatable bonds is 5. The molecule has 37 heavy (non-hydrogen) atoms. The van der Waals surface area contributed by atoms with Gasteiger partial charge in [0, 0.05) is 18.1 Å². The van der Waals surface area contributed by atoms with Crippen molar-refractivity contribution in [3.63, 3.8) is 0 Å². The van der Waals surface area contributed by atoms with Gasteiger partial charge in [-0.05, 0) is 23.8 Å². The molecule has 2 aromatic heterocycles. The Bertz CT molecular complexity index is 1630. The van der Waals surface area contributed by atoms with Gasteiger partial charge >= 0.3 is 21.1 Å². The first-order valence-electron chi connectivity index (χ1n) is 11.9. The summed E-state index contributed by atoms with van der Waals surface area (Å²) in [4.78, 5) is 9.08. The molecule has 2 heterocycles. The Morgan fingerprint density at radius 1 is 0.351 bits per heavy atom. The van der Waals surface area contributed by atoms with E-state index in [1.165, 1.54) is 0 Å². The summed E-state index contributed by atoms with van der Waals surface area (Å²) in [6, 6.07) is 48.6. The van der Waals surface area contributed by atoms with Crippen LogP contribution < -0.4 is 0 Å². The number of benzene rings is 4. The predicted octanol–water partition coefficient (Wildman–Crippen LogP) is 8.41. The van der Waals surface area contributed by atoms with Crippen molar-refractivity contribution in [2.75, 3.05) is 0 Å². The van der Waals surface area contributed by atoms with Crippen molar-refractivity contribution < 1.29 is 21.1 Å². The van der Waals surface area contributed by atoms with Crippen LogP contribution in [-0.2, 0) is 21.1 Å². The van der Waals surface area contributed by atoms with Gasteiger partial charge in [0.1, 0.15) is 0 Å². The fourth-order valence-electron chi connectivity index (χ4n) is 4.50. The van der Waals surface area contributed by atoms with Crippen LogP contribution in [0.25, 0.3) is 55.9 Å². The minimum Gasteiger partial charge on any atom is -0.295 e. The van der Waals surface area contributed by atoms with Gasteiger partial charge in [0.2, 0.25) is 0 Å². The van der Waals surface area contributed by atoms with Crippen LogP contribution in [-0.4, -0.2) is 9.97 Å². The van der Waals surface area contributed by atoms with Crippen LogP contribution >= 0.6 is 0 Å². The van der Waals surface area contributed by atoms with E-state index in [4.69, 9.17) is 0 Å². The third-order valence-electron chi connectivity index (χ3n) is 6.20. The first-order chi connectivity index (χ1) is 17.9. The maximum Gasteiger partial charge on any atom is 2.00 e. The minimum atomic E-state index is 0. The topological polar surface area (TPSA) is 25.8 Å². The van der Waals surface area contributed by atoms with Crippen LogP contribution in [0.5, 0.6) is 0 Å². The Labute approximate surface area is 232 Å². The summed E-state index contributed by atoms with van der Waals surface area (Å²) in [5.41, 5.74) is 10.4. The zero-order chi connectivity index (χ0) is 24.2. The molecule has 0 saturated carbocycles. The molecule has 2 nitrogen and oxygen atoms in total. The summed E-state index contributed by atoms with van der Waals surface area (Å²) in [6.07, 6.45) is 3.64. The molecular weight excluding hydrogens is 631 g/mol. The van der Waals surface area contributed by atoms with Crippen molar-refractivity contribution in [3.8, 4) is 55.9 Å². The smallest absolute Gasteiger partial charge is 0.295 e. The standard InChI is InChI=1S/C34H22N2.Pt/c1-2-16-30(27-13-10-14-28(24-27)33-19-5-7-21-35-33)29(15-1)25-11-9-12-26(23-25)31-17-3-4-18-32(31)34-20-6-8-22-36-34;/h1-22H;/q-2;+2. The van der Waals surface area contributed by atoms with Gasteiger partial charge in [-0.3, -0.25) is 9.97 Å². The summed E-state index contributed by atoms with van der Waals surface area (Å²) in [7, 11) is 0. The molecule has 0 amide bonds. The van der Waals surface area contributed by atoms with Crippen LogP contribution in [0.2, 0.25) is 0 Å². The van der Waals surface area contributed by atoms with Gasteiger partial charge in [-0.2, -0.15) is 0 Å². The van der Waals surface area contributed by atoms with E-state index < -0.39 is 0 Å². The van der Waals surface area contributed by atoms with Crippen LogP contribution in [0.3, 0.4) is 0 Å². The van der Waals surface area contributed by atoms with Crippen LogP contribution in [0.15, 0.2) is 134 Å². The second-order valence-electron chi connectivity index (χ2n) is 8.48. The van der Waals surface area contributed by atoms with Gasteiger partial charge in [-0.1, -0.05) is 77.9 Å². The van der Waals surface area contributed by atoms with Gasteiger partial charge in [0.05, 0.1) is 5.69 Å². The van der Waals surface area contributed by atoms with Crippen molar-refractivity contribution >= 4 is 0 Å². The summed E-state index contributed by atoms with van der Waals surface area (Å²) in [5.74, 6) is 0. The van der Waals surface area contributed by atoms with E-state index in [9.17, 15) is 0 Å². The molecule has 0 atom stereocenters. The summed E-state index contributed by atoms with van der Waals surface area (Å²) >= 11 is 0. The molecule has 178 valence electrons. The van der Waals surface area contributed by atoms with E-state index in [0.717, 1.165) is 55.9 Å². The van der Waals surface area contributed by atoms with Gasteiger partial charge in [-0.25, -0.2) is 0 Å². The molecule has 3 heteroatoms. The SMILES string of the molecule is [Pt+2].[c-]1c(-c2ccccn2)cccc1-c1ccccc1-c1[c-]c(-c2ccccc2-c2ccccn2)ccc1. The molecular formula is C34H22N2Pt. The largest absolute Gasteiger partial charge is 2.00 e. The van der Waals surface area contributed by atoms with Crippen LogP contribution in [0.1, 0.15) is 0 Å². The number of aromatic nitrogens is 2. The average Bonchev–Trinajstić information content (AvgIpc) is 2.98. The van der Waals surface area contributed by atoms with E-state index >= 15 is 0 Å². The third-order valence-corrected chi connectivity index (χ3v) is 6.20. The van der Waals surface area contributed by atoms with E-state index in [1.807, 2.05) is 48.8 Å². The number of hydrogen-bond acceptors (Lipinski definition) is 2. The predicted molar refractivity (Wildman–Crippen MR) is 147 cm³/mol. The quantitative estimate of drug-likeness (QED) is 0.175. The molecule has 0 saturated heterocycles. The molecule has 0 unspecified atom stereocenters. The van der Waals surface area contributed by atoms with Crippen molar-refractivity contribution in [3.05, 3.63) is 146 Å². The van der Waals surface area contributed by atoms with Gasteiger partial charge in [0.15, 0.2) is 0 Å². The number of pyridine rings is 2. The normalized spacial score (nSPS) is 10.5. The van der Waals surface area contributed by atoms with Crippen LogP contribution in [0.4, 0.5) is 0 Å². The molecule has 0 N–H and O–H groups in total. The molecule has 0 spiro atoms. The van der Waals surface area contributed by atoms with Crippen LogP contribution in [0, 0.1) is 12.1 Å². The summed E-state index contributed by atoms with van der Waals surface area (Å²) in [6.45, 7) is 0. The zero-order valence-corrected chi connectivity index (χ0v) is 22.2. The first kappa shape index (κ1) is 24.6. The Balaban J connectivity index is 0.00000280. The second-order valence-corrected chi connectivity index (χ2v) is 8.48. The van der Waals surface area contributed by atoms with E-state index in [0.29, 0.717) is 0 Å². The molecule has 6 rings (SSSR count). The van der Waals surface area contributed by atoms with Crippen molar-refractivity contribution in [1.29, 1.82) is 0 Å². The zero-order valence-electron chi connectivity index (χ0n) is 19.9. The van der Waals surface area contributed by atoms with Crippen molar-refractivity contribution in [2.45, 2.75) is 0 Å². The Morgan fingerprint density at radius 3 is 1.27 bits per heavy atom. The molecule has 0 fully saturated rings. The molecule has 0 bridgehead atoms. The molecule has 6 aromatic rings. The molecule has 0 aliphatic rings. The second kappa shape index (κ2) is 11.3. The first-order valence-corrected chi connectivity index (χ1v) is 11.9. The maximum atomic E-state index is 4.58. The maximum absolute atomic E-state index is 4.58. The Morgan fingerprint density at radius 2 is 0.757 bits per heavy atom. The third kappa shape index (κ3) is 5.21. The Kier molecular flexibility index (Phi) is 7.49. The fraction of sp³-hybridized carbons (Fsp3) is 0. The van der Waals surface area contributed by atoms with Gasteiger partial charge < -0.3 is 0 Å². The summed E-state index contributed by atoms with van der Waals surface area (Å²) < 4.78 is 0. The molecule has 0 aliphatic carbocycles.